The van der Waals surface area contributed by atoms with Crippen LogP contribution < -0.4 is 0 Å². The van der Waals surface area contributed by atoms with E-state index in [0.717, 1.165) is 25.8 Å². The maximum Gasteiger partial charge on any atom is 0.409 e. The maximum absolute atomic E-state index is 11.6. The lowest BCUT2D eigenvalue weighted by atomic mass is 9.97. The summed E-state index contributed by atoms with van der Waals surface area (Å²) in [5.74, 6) is 0. The van der Waals surface area contributed by atoms with Crippen LogP contribution in [0, 0.1) is 0 Å². The molecule has 1 aliphatic heterocycles. The Kier molecular flexibility index (Phi) is 7.06. The normalized spacial score (nSPS) is 20.4. The molecule has 1 amide bonds. The molecule has 17 heavy (non-hydrogen) atoms. The first-order valence-electron chi connectivity index (χ1n) is 7.14. The summed E-state index contributed by atoms with van der Waals surface area (Å²) < 4.78 is 4.85. The van der Waals surface area contributed by atoms with Crippen molar-refractivity contribution in [2.45, 2.75) is 70.8 Å². The van der Waals surface area contributed by atoms with Gasteiger partial charge in [0, 0.05) is 12.6 Å². The minimum Gasteiger partial charge on any atom is -0.453 e. The molecule has 1 heterocycles. The number of methoxy groups -OCH3 is 1. The van der Waals surface area contributed by atoms with Crippen LogP contribution >= 0.6 is 0 Å². The first-order chi connectivity index (χ1) is 8.29. The van der Waals surface area contributed by atoms with Gasteiger partial charge >= 0.3 is 6.09 Å². The molecule has 0 bridgehead atoms. The molecule has 100 valence electrons. The number of amides is 1. The molecule has 0 N–H and O–H groups in total. The number of carbonyl (C=O) groups excluding carboxylic acids is 1. The van der Waals surface area contributed by atoms with Crippen molar-refractivity contribution in [1.82, 2.24) is 4.90 Å². The van der Waals surface area contributed by atoms with E-state index in [0.29, 0.717) is 6.04 Å². The first-order valence-corrected chi connectivity index (χ1v) is 7.14. The lowest BCUT2D eigenvalue weighted by Gasteiger charge is -2.34. The van der Waals surface area contributed by atoms with E-state index in [4.69, 9.17) is 4.74 Å². The van der Waals surface area contributed by atoms with Gasteiger partial charge in [-0.15, -0.1) is 0 Å². The van der Waals surface area contributed by atoms with E-state index in [1.807, 2.05) is 4.90 Å². The van der Waals surface area contributed by atoms with Gasteiger partial charge in [-0.25, -0.2) is 4.79 Å². The van der Waals surface area contributed by atoms with E-state index in [1.54, 1.807) is 0 Å². The van der Waals surface area contributed by atoms with Gasteiger partial charge in [-0.3, -0.25) is 0 Å². The first kappa shape index (κ1) is 14.3. The van der Waals surface area contributed by atoms with Crippen molar-refractivity contribution in [3.05, 3.63) is 0 Å². The van der Waals surface area contributed by atoms with Gasteiger partial charge in [-0.05, 0) is 25.7 Å². The lowest BCUT2D eigenvalue weighted by molar-refractivity contribution is 0.0860. The Morgan fingerprint density at radius 3 is 2.71 bits per heavy atom. The monoisotopic (exact) mass is 241 g/mol. The van der Waals surface area contributed by atoms with Crippen molar-refractivity contribution in [3.63, 3.8) is 0 Å². The maximum atomic E-state index is 11.6. The molecule has 1 saturated heterocycles. The minimum absolute atomic E-state index is 0.136. The summed E-state index contributed by atoms with van der Waals surface area (Å²) in [7, 11) is 1.48. The molecule has 3 nitrogen and oxygen atoms in total. The average Bonchev–Trinajstić information content (AvgIpc) is 2.38. The molecule has 1 aliphatic rings. The van der Waals surface area contributed by atoms with Gasteiger partial charge in [0.1, 0.15) is 0 Å². The van der Waals surface area contributed by atoms with Crippen molar-refractivity contribution < 1.29 is 9.53 Å². The van der Waals surface area contributed by atoms with Gasteiger partial charge in [-0.1, -0.05) is 39.0 Å². The Labute approximate surface area is 106 Å². The summed E-state index contributed by atoms with van der Waals surface area (Å²) in [6.07, 6.45) is 11.1. The van der Waals surface area contributed by atoms with Crippen LogP contribution in [0.2, 0.25) is 0 Å². The van der Waals surface area contributed by atoms with Crippen LogP contribution in [0.1, 0.15) is 64.7 Å². The molecule has 0 spiro atoms. The predicted octanol–water partition coefficient (Wildman–Crippen LogP) is 3.97. The highest BCUT2D eigenvalue weighted by Gasteiger charge is 2.26. The molecule has 3 heteroatoms. The Balaban J connectivity index is 2.25. The molecule has 0 radical (unpaired) electrons. The van der Waals surface area contributed by atoms with E-state index in [9.17, 15) is 4.79 Å². The number of likely N-dealkylation sites (tertiary alicyclic amines) is 1. The third-order valence-electron chi connectivity index (χ3n) is 3.68. The van der Waals surface area contributed by atoms with Crippen molar-refractivity contribution in [3.8, 4) is 0 Å². The predicted molar refractivity (Wildman–Crippen MR) is 70.1 cm³/mol. The van der Waals surface area contributed by atoms with Crippen LogP contribution in [0.15, 0.2) is 0 Å². The van der Waals surface area contributed by atoms with Gasteiger partial charge in [0.05, 0.1) is 7.11 Å². The third kappa shape index (κ3) is 4.97. The van der Waals surface area contributed by atoms with Crippen molar-refractivity contribution in [2.75, 3.05) is 13.7 Å². The zero-order valence-corrected chi connectivity index (χ0v) is 11.4. The van der Waals surface area contributed by atoms with E-state index in [-0.39, 0.29) is 6.09 Å². The Morgan fingerprint density at radius 2 is 2.00 bits per heavy atom. The summed E-state index contributed by atoms with van der Waals surface area (Å²) in [4.78, 5) is 13.6. The van der Waals surface area contributed by atoms with Gasteiger partial charge in [0.15, 0.2) is 0 Å². The summed E-state index contributed by atoms with van der Waals surface area (Å²) in [6, 6.07) is 0.429. The number of unbranched alkanes of at least 4 members (excludes halogenated alkanes) is 4. The van der Waals surface area contributed by atoms with Crippen LogP contribution in [-0.4, -0.2) is 30.7 Å². The Bertz CT molecular complexity index is 218. The second kappa shape index (κ2) is 8.37. The molecule has 0 aromatic heterocycles. The van der Waals surface area contributed by atoms with Crippen LogP contribution in [0.5, 0.6) is 0 Å². The van der Waals surface area contributed by atoms with Crippen molar-refractivity contribution in [2.24, 2.45) is 0 Å². The fourth-order valence-electron chi connectivity index (χ4n) is 2.64. The van der Waals surface area contributed by atoms with Crippen molar-refractivity contribution in [1.29, 1.82) is 0 Å². The summed E-state index contributed by atoms with van der Waals surface area (Å²) in [6.45, 7) is 3.12. The van der Waals surface area contributed by atoms with Crippen molar-refractivity contribution >= 4 is 6.09 Å². The lowest BCUT2D eigenvalue weighted by Crippen LogP contribution is -2.43. The number of ether oxygens (including phenoxy) is 1. The highest BCUT2D eigenvalue weighted by atomic mass is 16.5. The zero-order valence-electron chi connectivity index (χ0n) is 11.4. The van der Waals surface area contributed by atoms with Crippen LogP contribution in [0.4, 0.5) is 4.79 Å². The molecular formula is C14H27NO2. The number of hydrogen-bond donors (Lipinski definition) is 0. The number of carbonyl (C=O) groups is 1. The minimum atomic E-state index is -0.136. The highest BCUT2D eigenvalue weighted by Crippen LogP contribution is 2.22. The quantitative estimate of drug-likeness (QED) is 0.659. The second-order valence-corrected chi connectivity index (χ2v) is 5.02. The van der Waals surface area contributed by atoms with Crippen LogP contribution in [0.3, 0.4) is 0 Å². The van der Waals surface area contributed by atoms with Gasteiger partial charge in [0.25, 0.3) is 0 Å². The number of rotatable bonds is 6. The van der Waals surface area contributed by atoms with Gasteiger partial charge in [-0.2, -0.15) is 0 Å². The molecule has 1 rings (SSSR count). The molecule has 0 aromatic rings. The molecule has 0 saturated carbocycles. The van der Waals surface area contributed by atoms with Gasteiger partial charge in [0.2, 0.25) is 0 Å². The molecule has 1 unspecified atom stereocenters. The smallest absolute Gasteiger partial charge is 0.409 e. The van der Waals surface area contributed by atoms with Crippen LogP contribution in [-0.2, 0) is 4.74 Å². The van der Waals surface area contributed by atoms with E-state index in [2.05, 4.69) is 6.92 Å². The number of hydrogen-bond acceptors (Lipinski definition) is 2. The Morgan fingerprint density at radius 1 is 1.24 bits per heavy atom. The summed E-state index contributed by atoms with van der Waals surface area (Å²) in [5, 5.41) is 0. The van der Waals surface area contributed by atoms with Gasteiger partial charge < -0.3 is 9.64 Å². The molecule has 0 aromatic carbocycles. The third-order valence-corrected chi connectivity index (χ3v) is 3.68. The topological polar surface area (TPSA) is 29.5 Å². The standard InChI is InChI=1S/C14H27NO2/c1-3-4-5-6-7-10-13-11-8-9-12-15(13)14(16)17-2/h13H,3-12H2,1-2H3. The largest absolute Gasteiger partial charge is 0.453 e. The average molecular weight is 241 g/mol. The van der Waals surface area contributed by atoms with E-state index in [1.165, 1.54) is 45.6 Å². The van der Waals surface area contributed by atoms with E-state index >= 15 is 0 Å². The zero-order chi connectivity index (χ0) is 12.5. The number of nitrogens with zero attached hydrogens (tertiary/aromatic N) is 1. The fourth-order valence-corrected chi connectivity index (χ4v) is 2.64. The SMILES string of the molecule is CCCCCCCC1CCCCN1C(=O)OC. The summed E-state index contributed by atoms with van der Waals surface area (Å²) >= 11 is 0. The molecule has 1 fully saturated rings. The van der Waals surface area contributed by atoms with E-state index < -0.39 is 0 Å². The fraction of sp³-hybridized carbons (Fsp3) is 0.929. The second-order valence-electron chi connectivity index (χ2n) is 5.02. The highest BCUT2D eigenvalue weighted by molar-refractivity contribution is 5.67. The Hall–Kier alpha value is -0.730. The number of piperidine rings is 1. The molecule has 0 aliphatic carbocycles. The van der Waals surface area contributed by atoms with Crippen LogP contribution in [0.25, 0.3) is 0 Å². The summed E-state index contributed by atoms with van der Waals surface area (Å²) in [5.41, 5.74) is 0. The molecular weight excluding hydrogens is 214 g/mol. The molecule has 1 atom stereocenters.